The molecule has 2 N–H and O–H groups in total. The van der Waals surface area contributed by atoms with Gasteiger partial charge in [0.15, 0.2) is 0 Å². The lowest BCUT2D eigenvalue weighted by Crippen LogP contribution is -2.14. The molecule has 1 saturated heterocycles. The lowest BCUT2D eigenvalue weighted by molar-refractivity contribution is -0.119. The molecule has 0 saturated carbocycles. The molecule has 1 unspecified atom stereocenters. The summed E-state index contributed by atoms with van der Waals surface area (Å²) in [5.41, 5.74) is 1.13. The number of rotatable bonds is 4. The second-order valence-corrected chi connectivity index (χ2v) is 4.94. The first-order chi connectivity index (χ1) is 8.56. The molecule has 0 spiro atoms. The molecule has 0 aromatic heterocycles. The van der Waals surface area contributed by atoms with Gasteiger partial charge in [0.2, 0.25) is 5.91 Å². The number of aromatic carboxylic acids is 1. The molecule has 5 heteroatoms. The lowest BCUT2D eigenvalue weighted by atomic mass is 9.98. The van der Waals surface area contributed by atoms with Gasteiger partial charge in [0.1, 0.15) is 0 Å². The largest absolute Gasteiger partial charge is 0.478 e. The normalized spacial score (nSPS) is 18.7. The van der Waals surface area contributed by atoms with E-state index < -0.39 is 5.97 Å². The SMILES string of the molecule is O=C1CC(CCc2ccc(C(=O)O)c(Cl)c2)CN1. The van der Waals surface area contributed by atoms with Crippen molar-refractivity contribution in [3.8, 4) is 0 Å². The number of benzene rings is 1. The van der Waals surface area contributed by atoms with Crippen LogP contribution >= 0.6 is 11.6 Å². The van der Waals surface area contributed by atoms with E-state index in [-0.39, 0.29) is 16.5 Å². The van der Waals surface area contributed by atoms with Gasteiger partial charge in [0, 0.05) is 13.0 Å². The van der Waals surface area contributed by atoms with Gasteiger partial charge in [-0.25, -0.2) is 4.79 Å². The maximum atomic E-state index is 11.0. The number of amides is 1. The Morgan fingerprint density at radius 3 is 2.83 bits per heavy atom. The topological polar surface area (TPSA) is 66.4 Å². The summed E-state index contributed by atoms with van der Waals surface area (Å²) < 4.78 is 0. The van der Waals surface area contributed by atoms with E-state index in [4.69, 9.17) is 16.7 Å². The Morgan fingerprint density at radius 2 is 2.28 bits per heavy atom. The molecule has 1 aliphatic rings. The number of hydrogen-bond acceptors (Lipinski definition) is 2. The van der Waals surface area contributed by atoms with Crippen molar-refractivity contribution < 1.29 is 14.7 Å². The van der Waals surface area contributed by atoms with E-state index in [9.17, 15) is 9.59 Å². The third kappa shape index (κ3) is 3.01. The average molecular weight is 268 g/mol. The minimum Gasteiger partial charge on any atom is -0.478 e. The van der Waals surface area contributed by atoms with Crippen molar-refractivity contribution >= 4 is 23.5 Å². The van der Waals surface area contributed by atoms with Crippen LogP contribution in [0.15, 0.2) is 18.2 Å². The highest BCUT2D eigenvalue weighted by Crippen LogP contribution is 2.21. The van der Waals surface area contributed by atoms with Gasteiger partial charge in [-0.2, -0.15) is 0 Å². The minimum atomic E-state index is -1.02. The summed E-state index contributed by atoms with van der Waals surface area (Å²) in [6, 6.07) is 4.99. The van der Waals surface area contributed by atoms with E-state index in [1.165, 1.54) is 6.07 Å². The number of carboxylic acid groups (broad SMARTS) is 1. The van der Waals surface area contributed by atoms with Crippen molar-refractivity contribution in [2.75, 3.05) is 6.54 Å². The zero-order chi connectivity index (χ0) is 13.1. The Labute approximate surface area is 110 Å². The molecule has 1 heterocycles. The summed E-state index contributed by atoms with van der Waals surface area (Å²) in [7, 11) is 0. The predicted molar refractivity (Wildman–Crippen MR) is 67.8 cm³/mol. The van der Waals surface area contributed by atoms with Crippen LogP contribution < -0.4 is 5.32 Å². The van der Waals surface area contributed by atoms with Crippen LogP contribution in [0.5, 0.6) is 0 Å². The molecule has 1 aromatic carbocycles. The van der Waals surface area contributed by atoms with Crippen molar-refractivity contribution in [1.29, 1.82) is 0 Å². The Bertz CT molecular complexity index is 487. The zero-order valence-electron chi connectivity index (χ0n) is 9.78. The highest BCUT2D eigenvalue weighted by atomic mass is 35.5. The first kappa shape index (κ1) is 12.9. The highest BCUT2D eigenvalue weighted by molar-refractivity contribution is 6.33. The first-order valence-electron chi connectivity index (χ1n) is 5.84. The number of carbonyl (C=O) groups excluding carboxylic acids is 1. The molecular weight excluding hydrogens is 254 g/mol. The highest BCUT2D eigenvalue weighted by Gasteiger charge is 2.21. The number of carboxylic acids is 1. The maximum Gasteiger partial charge on any atom is 0.337 e. The van der Waals surface area contributed by atoms with Crippen molar-refractivity contribution in [1.82, 2.24) is 5.32 Å². The van der Waals surface area contributed by atoms with Crippen LogP contribution in [0, 0.1) is 5.92 Å². The third-order valence-electron chi connectivity index (χ3n) is 3.17. The number of halogens is 1. The minimum absolute atomic E-state index is 0.110. The summed E-state index contributed by atoms with van der Waals surface area (Å²) in [5, 5.41) is 11.9. The van der Waals surface area contributed by atoms with Crippen LogP contribution in [-0.2, 0) is 11.2 Å². The van der Waals surface area contributed by atoms with E-state index in [0.29, 0.717) is 12.3 Å². The van der Waals surface area contributed by atoms with Gasteiger partial charge in [0.25, 0.3) is 0 Å². The summed E-state index contributed by atoms with van der Waals surface area (Å²) in [4.78, 5) is 21.8. The van der Waals surface area contributed by atoms with Crippen LogP contribution in [-0.4, -0.2) is 23.5 Å². The number of hydrogen-bond donors (Lipinski definition) is 2. The van der Waals surface area contributed by atoms with Crippen molar-refractivity contribution in [3.05, 3.63) is 34.3 Å². The molecular formula is C13H14ClNO3. The van der Waals surface area contributed by atoms with Crippen LogP contribution in [0.1, 0.15) is 28.8 Å². The predicted octanol–water partition coefficient (Wildman–Crippen LogP) is 2.11. The molecule has 0 bridgehead atoms. The quantitative estimate of drug-likeness (QED) is 0.878. The Kier molecular flexibility index (Phi) is 3.87. The van der Waals surface area contributed by atoms with Gasteiger partial charge >= 0.3 is 5.97 Å². The van der Waals surface area contributed by atoms with Gasteiger partial charge in [-0.05, 0) is 36.5 Å². The summed E-state index contributed by atoms with van der Waals surface area (Å²) in [6.45, 7) is 0.736. The summed E-state index contributed by atoms with van der Waals surface area (Å²) >= 11 is 5.90. The first-order valence-corrected chi connectivity index (χ1v) is 6.22. The zero-order valence-corrected chi connectivity index (χ0v) is 10.5. The molecule has 1 aliphatic heterocycles. The molecule has 1 aromatic rings. The third-order valence-corrected chi connectivity index (χ3v) is 3.48. The monoisotopic (exact) mass is 267 g/mol. The van der Waals surface area contributed by atoms with E-state index in [1.807, 2.05) is 0 Å². The van der Waals surface area contributed by atoms with E-state index in [1.54, 1.807) is 12.1 Å². The fourth-order valence-electron chi connectivity index (χ4n) is 2.13. The van der Waals surface area contributed by atoms with E-state index in [0.717, 1.165) is 24.9 Å². The van der Waals surface area contributed by atoms with Crippen LogP contribution in [0.3, 0.4) is 0 Å². The van der Waals surface area contributed by atoms with Gasteiger partial charge in [-0.15, -0.1) is 0 Å². The van der Waals surface area contributed by atoms with Gasteiger partial charge in [0.05, 0.1) is 10.6 Å². The molecule has 18 heavy (non-hydrogen) atoms. The summed E-state index contributed by atoms with van der Waals surface area (Å²) in [5.74, 6) is -0.535. The van der Waals surface area contributed by atoms with Crippen LogP contribution in [0.25, 0.3) is 0 Å². The standard InChI is InChI=1S/C13H14ClNO3/c14-11-5-8(3-4-10(11)13(17)18)1-2-9-6-12(16)15-7-9/h3-5,9H,1-2,6-7H2,(H,15,16)(H,17,18). The van der Waals surface area contributed by atoms with E-state index in [2.05, 4.69) is 5.32 Å². The Balaban J connectivity index is 1.96. The number of carbonyl (C=O) groups is 2. The smallest absolute Gasteiger partial charge is 0.337 e. The van der Waals surface area contributed by atoms with E-state index >= 15 is 0 Å². The molecule has 0 aliphatic carbocycles. The van der Waals surface area contributed by atoms with Gasteiger partial charge in [-0.1, -0.05) is 17.7 Å². The fourth-order valence-corrected chi connectivity index (χ4v) is 2.41. The average Bonchev–Trinajstić information content (AvgIpc) is 2.72. The van der Waals surface area contributed by atoms with Crippen LogP contribution in [0.2, 0.25) is 5.02 Å². The van der Waals surface area contributed by atoms with Crippen molar-refractivity contribution in [2.45, 2.75) is 19.3 Å². The molecule has 96 valence electrons. The molecule has 1 fully saturated rings. The van der Waals surface area contributed by atoms with Gasteiger partial charge < -0.3 is 10.4 Å². The van der Waals surface area contributed by atoms with Crippen LogP contribution in [0.4, 0.5) is 0 Å². The van der Waals surface area contributed by atoms with Crippen molar-refractivity contribution in [3.63, 3.8) is 0 Å². The van der Waals surface area contributed by atoms with Crippen molar-refractivity contribution in [2.24, 2.45) is 5.92 Å². The molecule has 0 radical (unpaired) electrons. The fraction of sp³-hybridized carbons (Fsp3) is 0.385. The molecule has 4 nitrogen and oxygen atoms in total. The molecule has 1 atom stereocenters. The number of nitrogens with one attached hydrogen (secondary N) is 1. The second kappa shape index (κ2) is 5.40. The number of aryl methyl sites for hydroxylation is 1. The molecule has 1 amide bonds. The molecule has 2 rings (SSSR count). The van der Waals surface area contributed by atoms with Gasteiger partial charge in [-0.3, -0.25) is 4.79 Å². The second-order valence-electron chi connectivity index (χ2n) is 4.53. The Hall–Kier alpha value is -1.55. The lowest BCUT2D eigenvalue weighted by Gasteiger charge is -2.08. The summed E-state index contributed by atoms with van der Waals surface area (Å²) in [6.07, 6.45) is 2.29. The Morgan fingerprint density at radius 1 is 1.50 bits per heavy atom. The maximum absolute atomic E-state index is 11.0.